The van der Waals surface area contributed by atoms with Crippen molar-refractivity contribution in [2.24, 2.45) is 5.92 Å². The Balaban J connectivity index is 1.90. The van der Waals surface area contributed by atoms with Gasteiger partial charge in [0.2, 0.25) is 0 Å². The molecule has 2 unspecified atom stereocenters. The van der Waals surface area contributed by atoms with Gasteiger partial charge in [0.05, 0.1) is 6.61 Å². The first-order valence-corrected chi connectivity index (χ1v) is 7.19. The van der Waals surface area contributed by atoms with Crippen LogP contribution in [-0.4, -0.2) is 50.3 Å². The summed E-state index contributed by atoms with van der Waals surface area (Å²) in [4.78, 5) is 2.59. The fourth-order valence-electron chi connectivity index (χ4n) is 3.38. The third-order valence-corrected chi connectivity index (χ3v) is 4.78. The molecule has 0 radical (unpaired) electrons. The average Bonchev–Trinajstić information content (AvgIpc) is 2.39. The molecule has 1 aliphatic heterocycles. The first-order chi connectivity index (χ1) is 8.22. The van der Waals surface area contributed by atoms with Crippen molar-refractivity contribution in [2.45, 2.75) is 57.2 Å². The van der Waals surface area contributed by atoms with E-state index in [1.807, 2.05) is 0 Å². The first kappa shape index (κ1) is 13.3. The third-order valence-electron chi connectivity index (χ3n) is 4.78. The zero-order chi connectivity index (χ0) is 12.3. The molecule has 1 saturated carbocycles. The number of nitrogens with zero attached hydrogens (tertiary/aromatic N) is 1. The second-order valence-corrected chi connectivity index (χ2v) is 5.91. The normalized spacial score (nSPS) is 39.5. The smallest absolute Gasteiger partial charge is 0.0637 e. The molecular weight excluding hydrogens is 212 g/mol. The van der Waals surface area contributed by atoms with Crippen molar-refractivity contribution in [1.29, 1.82) is 0 Å². The summed E-state index contributed by atoms with van der Waals surface area (Å²) in [6.07, 6.45) is 6.67. The molecule has 3 nitrogen and oxygen atoms in total. The van der Waals surface area contributed by atoms with Gasteiger partial charge in [-0.25, -0.2) is 0 Å². The molecule has 2 rings (SSSR count). The molecule has 0 aromatic heterocycles. The van der Waals surface area contributed by atoms with E-state index >= 15 is 0 Å². The molecule has 0 amide bonds. The van der Waals surface area contributed by atoms with Gasteiger partial charge in [0.1, 0.15) is 0 Å². The predicted octanol–water partition coefficient (Wildman–Crippen LogP) is 1.87. The van der Waals surface area contributed by atoms with Crippen LogP contribution >= 0.6 is 0 Å². The van der Waals surface area contributed by atoms with Crippen LogP contribution in [0.2, 0.25) is 0 Å². The second kappa shape index (κ2) is 6.17. The summed E-state index contributed by atoms with van der Waals surface area (Å²) in [5, 5.41) is 3.46. The maximum absolute atomic E-state index is 5.67. The summed E-state index contributed by atoms with van der Waals surface area (Å²) in [5.41, 5.74) is 0. The number of hydrogen-bond donors (Lipinski definition) is 1. The van der Waals surface area contributed by atoms with Gasteiger partial charge in [-0.3, -0.25) is 4.90 Å². The molecule has 1 heterocycles. The summed E-state index contributed by atoms with van der Waals surface area (Å²) in [6, 6.07) is 1.94. The highest BCUT2D eigenvalue weighted by Crippen LogP contribution is 2.28. The van der Waals surface area contributed by atoms with E-state index in [0.29, 0.717) is 12.1 Å². The number of ether oxygens (including phenoxy) is 1. The highest BCUT2D eigenvalue weighted by molar-refractivity contribution is 4.89. The van der Waals surface area contributed by atoms with E-state index in [9.17, 15) is 0 Å². The van der Waals surface area contributed by atoms with Crippen molar-refractivity contribution in [3.8, 4) is 0 Å². The molecule has 17 heavy (non-hydrogen) atoms. The Morgan fingerprint density at radius 3 is 2.47 bits per heavy atom. The molecule has 100 valence electrons. The molecule has 1 aliphatic carbocycles. The molecule has 3 heteroatoms. The van der Waals surface area contributed by atoms with Crippen molar-refractivity contribution in [1.82, 2.24) is 10.2 Å². The molecule has 0 spiro atoms. The van der Waals surface area contributed by atoms with Gasteiger partial charge >= 0.3 is 0 Å². The van der Waals surface area contributed by atoms with E-state index in [1.54, 1.807) is 0 Å². The molecule has 0 bridgehead atoms. The second-order valence-electron chi connectivity index (χ2n) is 5.91. The van der Waals surface area contributed by atoms with Crippen molar-refractivity contribution in [3.63, 3.8) is 0 Å². The van der Waals surface area contributed by atoms with Crippen LogP contribution in [-0.2, 0) is 4.74 Å². The summed E-state index contributed by atoms with van der Waals surface area (Å²) in [7, 11) is 4.38. The average molecular weight is 240 g/mol. The van der Waals surface area contributed by atoms with Gasteiger partial charge < -0.3 is 10.1 Å². The Hall–Kier alpha value is -0.120. The maximum atomic E-state index is 5.67. The minimum absolute atomic E-state index is 0.562. The SMILES string of the molecule is CNC1CCOCC1N(C)C1CCC(C)CC1. The lowest BCUT2D eigenvalue weighted by Gasteiger charge is -2.43. The lowest BCUT2D eigenvalue weighted by atomic mass is 9.85. The van der Waals surface area contributed by atoms with Crippen molar-refractivity contribution in [3.05, 3.63) is 0 Å². The number of hydrogen-bond acceptors (Lipinski definition) is 3. The zero-order valence-electron chi connectivity index (χ0n) is 11.6. The highest BCUT2D eigenvalue weighted by Gasteiger charge is 2.32. The zero-order valence-corrected chi connectivity index (χ0v) is 11.6. The van der Waals surface area contributed by atoms with E-state index in [0.717, 1.165) is 31.6 Å². The predicted molar refractivity (Wildman–Crippen MR) is 71.3 cm³/mol. The van der Waals surface area contributed by atoms with Crippen LogP contribution in [0.5, 0.6) is 0 Å². The molecule has 0 aromatic carbocycles. The van der Waals surface area contributed by atoms with Gasteiger partial charge in [-0.15, -0.1) is 0 Å². The van der Waals surface area contributed by atoms with Crippen LogP contribution < -0.4 is 5.32 Å². The van der Waals surface area contributed by atoms with Crippen LogP contribution in [0.1, 0.15) is 39.0 Å². The van der Waals surface area contributed by atoms with Gasteiger partial charge in [0, 0.05) is 24.7 Å². The van der Waals surface area contributed by atoms with Gasteiger partial charge in [-0.2, -0.15) is 0 Å². The van der Waals surface area contributed by atoms with E-state index in [-0.39, 0.29) is 0 Å². The largest absolute Gasteiger partial charge is 0.380 e. The van der Waals surface area contributed by atoms with Gasteiger partial charge in [-0.05, 0) is 52.1 Å². The molecular formula is C14H28N2O. The van der Waals surface area contributed by atoms with Crippen LogP contribution in [0.4, 0.5) is 0 Å². The van der Waals surface area contributed by atoms with E-state index in [4.69, 9.17) is 4.74 Å². The monoisotopic (exact) mass is 240 g/mol. The molecule has 1 saturated heterocycles. The van der Waals surface area contributed by atoms with E-state index in [2.05, 4.69) is 31.2 Å². The maximum Gasteiger partial charge on any atom is 0.0637 e. The van der Waals surface area contributed by atoms with E-state index < -0.39 is 0 Å². The van der Waals surface area contributed by atoms with Crippen LogP contribution in [0.3, 0.4) is 0 Å². The van der Waals surface area contributed by atoms with E-state index in [1.165, 1.54) is 25.7 Å². The fraction of sp³-hybridized carbons (Fsp3) is 1.00. The molecule has 2 fully saturated rings. The minimum Gasteiger partial charge on any atom is -0.380 e. The Kier molecular flexibility index (Phi) is 4.83. The van der Waals surface area contributed by atoms with Gasteiger partial charge in [0.15, 0.2) is 0 Å². The third kappa shape index (κ3) is 3.21. The van der Waals surface area contributed by atoms with Crippen molar-refractivity contribution < 1.29 is 4.74 Å². The summed E-state index contributed by atoms with van der Waals surface area (Å²) in [6.45, 7) is 4.20. The molecule has 2 atom stereocenters. The Morgan fingerprint density at radius 1 is 1.12 bits per heavy atom. The summed E-state index contributed by atoms with van der Waals surface area (Å²) >= 11 is 0. The van der Waals surface area contributed by atoms with Crippen LogP contribution in [0.25, 0.3) is 0 Å². The Labute approximate surface area is 106 Å². The number of rotatable bonds is 3. The molecule has 0 aromatic rings. The summed E-state index contributed by atoms with van der Waals surface area (Å²) < 4.78 is 5.67. The van der Waals surface area contributed by atoms with Crippen LogP contribution in [0.15, 0.2) is 0 Å². The fourth-order valence-corrected chi connectivity index (χ4v) is 3.38. The van der Waals surface area contributed by atoms with Crippen molar-refractivity contribution in [2.75, 3.05) is 27.3 Å². The standard InChI is InChI=1S/C14H28N2O/c1-11-4-6-12(7-5-11)16(3)14-10-17-9-8-13(14)15-2/h11-15H,4-10H2,1-3H3. The highest BCUT2D eigenvalue weighted by atomic mass is 16.5. The van der Waals surface area contributed by atoms with Crippen LogP contribution in [0, 0.1) is 5.92 Å². The molecule has 1 N–H and O–H groups in total. The Morgan fingerprint density at radius 2 is 1.82 bits per heavy atom. The van der Waals surface area contributed by atoms with Gasteiger partial charge in [-0.1, -0.05) is 6.92 Å². The number of likely N-dealkylation sites (N-methyl/N-ethyl adjacent to an activating group) is 2. The first-order valence-electron chi connectivity index (χ1n) is 7.19. The quantitative estimate of drug-likeness (QED) is 0.815. The molecule has 2 aliphatic rings. The van der Waals surface area contributed by atoms with Crippen molar-refractivity contribution >= 4 is 0 Å². The Bertz CT molecular complexity index is 226. The number of nitrogens with one attached hydrogen (secondary N) is 1. The van der Waals surface area contributed by atoms with Gasteiger partial charge in [0.25, 0.3) is 0 Å². The minimum atomic E-state index is 0.562. The topological polar surface area (TPSA) is 24.5 Å². The lowest BCUT2D eigenvalue weighted by Crippen LogP contribution is -2.56. The lowest BCUT2D eigenvalue weighted by molar-refractivity contribution is -0.0144. The summed E-state index contributed by atoms with van der Waals surface area (Å²) in [5.74, 6) is 0.933.